The Labute approximate surface area is 200 Å². The molecule has 34 heavy (non-hydrogen) atoms. The second-order valence-electron chi connectivity index (χ2n) is 9.85. The average Bonchev–Trinajstić information content (AvgIpc) is 2.89. The van der Waals surface area contributed by atoms with Gasteiger partial charge in [-0.15, -0.1) is 0 Å². The third-order valence-corrected chi connectivity index (χ3v) is 8.31. The van der Waals surface area contributed by atoms with E-state index in [9.17, 15) is 4.79 Å². The first-order chi connectivity index (χ1) is 16.7. The number of hydrogen-bond acceptors (Lipinski definition) is 4. The number of carbonyl (C=O) groups excluding carboxylic acids is 1. The average molecular weight is 455 g/mol. The summed E-state index contributed by atoms with van der Waals surface area (Å²) in [4.78, 5) is 14.3. The van der Waals surface area contributed by atoms with E-state index in [1.807, 2.05) is 42.5 Å². The second kappa shape index (κ2) is 8.19. The van der Waals surface area contributed by atoms with Gasteiger partial charge in [0, 0.05) is 22.5 Å². The molecule has 2 aliphatic carbocycles. The van der Waals surface area contributed by atoms with Crippen molar-refractivity contribution in [1.29, 1.82) is 0 Å². The van der Waals surface area contributed by atoms with Crippen LogP contribution in [0.5, 0.6) is 17.2 Å². The molecule has 3 aromatic carbocycles. The van der Waals surface area contributed by atoms with E-state index in [4.69, 9.17) is 14.2 Å². The summed E-state index contributed by atoms with van der Waals surface area (Å²) in [7, 11) is 3.31. The maximum Gasteiger partial charge on any atom is 0.170 e. The van der Waals surface area contributed by atoms with Gasteiger partial charge in [-0.25, -0.2) is 0 Å². The molecule has 0 saturated heterocycles. The summed E-state index contributed by atoms with van der Waals surface area (Å²) < 4.78 is 18.2. The molecule has 0 aromatic heterocycles. The zero-order valence-corrected chi connectivity index (χ0v) is 19.8. The topological polar surface area (TPSA) is 44.8 Å². The summed E-state index contributed by atoms with van der Waals surface area (Å²) in [5.74, 6) is 2.15. The molecule has 0 amide bonds. The first-order valence-electron chi connectivity index (χ1n) is 12.3. The third kappa shape index (κ3) is 3.01. The lowest BCUT2D eigenvalue weighted by Crippen LogP contribution is -2.50. The highest BCUT2D eigenvalue weighted by Gasteiger charge is 2.60. The maximum absolute atomic E-state index is 14.3. The Morgan fingerprint density at radius 1 is 0.824 bits per heavy atom. The highest BCUT2D eigenvalue weighted by molar-refractivity contribution is 6.02. The van der Waals surface area contributed by atoms with Crippen molar-refractivity contribution in [2.75, 3.05) is 14.2 Å². The Morgan fingerprint density at radius 3 is 2.18 bits per heavy atom. The number of hydrogen-bond donors (Lipinski definition) is 0. The fraction of sp³-hybridized carbons (Fsp3) is 0.367. The number of carbonyl (C=O) groups is 1. The van der Waals surface area contributed by atoms with Gasteiger partial charge in [-0.05, 0) is 42.2 Å². The third-order valence-electron chi connectivity index (χ3n) is 8.31. The van der Waals surface area contributed by atoms with Crippen LogP contribution < -0.4 is 14.2 Å². The van der Waals surface area contributed by atoms with Crippen LogP contribution in [0, 0.1) is 5.41 Å². The van der Waals surface area contributed by atoms with Crippen molar-refractivity contribution in [2.24, 2.45) is 5.41 Å². The largest absolute Gasteiger partial charge is 0.493 e. The Bertz CT molecular complexity index is 1230. The van der Waals surface area contributed by atoms with Crippen molar-refractivity contribution in [2.45, 2.75) is 50.0 Å². The van der Waals surface area contributed by atoms with Gasteiger partial charge in [-0.2, -0.15) is 0 Å². The van der Waals surface area contributed by atoms with Gasteiger partial charge in [0.2, 0.25) is 0 Å². The standard InChI is InChI=1S/C30H30O4/c1-32-24-17-21-22(18-25(24)33-2)29-30(15-9-4-10-16-30)27(20-13-7-8-14-23(20)34-29)26(21)28(31)19-11-5-3-6-12-19/h3,5-8,11-14,17-18,26-27,29H,4,9-10,15-16H2,1-2H3/t26-,27+,29-/m1/s1. The van der Waals surface area contributed by atoms with Crippen LogP contribution in [-0.4, -0.2) is 20.0 Å². The Kier molecular flexibility index (Phi) is 5.13. The van der Waals surface area contributed by atoms with Gasteiger partial charge in [0.1, 0.15) is 11.9 Å². The van der Waals surface area contributed by atoms with Gasteiger partial charge in [-0.1, -0.05) is 67.8 Å². The summed E-state index contributed by atoms with van der Waals surface area (Å²) in [6, 6.07) is 22.1. The summed E-state index contributed by atoms with van der Waals surface area (Å²) >= 11 is 0. The monoisotopic (exact) mass is 454 g/mol. The van der Waals surface area contributed by atoms with Gasteiger partial charge in [0.15, 0.2) is 17.3 Å². The molecule has 0 N–H and O–H groups in total. The van der Waals surface area contributed by atoms with Crippen molar-refractivity contribution in [1.82, 2.24) is 0 Å². The van der Waals surface area contributed by atoms with E-state index in [1.165, 1.54) is 6.42 Å². The molecule has 0 radical (unpaired) electrons. The molecular formula is C30H30O4. The van der Waals surface area contributed by atoms with Crippen LogP contribution >= 0.6 is 0 Å². The SMILES string of the molecule is COc1cc2c(cc1OC)[C@H]1Oc3ccccc3[C@@H]([C@@H]2C(=O)c2ccccc2)C12CCCCC2. The Hall–Kier alpha value is -3.27. The van der Waals surface area contributed by atoms with Crippen molar-refractivity contribution < 1.29 is 19.0 Å². The first-order valence-corrected chi connectivity index (χ1v) is 12.3. The van der Waals surface area contributed by atoms with Crippen molar-refractivity contribution in [3.63, 3.8) is 0 Å². The molecule has 4 nitrogen and oxygen atoms in total. The van der Waals surface area contributed by atoms with Crippen LogP contribution in [0.4, 0.5) is 0 Å². The van der Waals surface area contributed by atoms with E-state index in [0.29, 0.717) is 11.5 Å². The van der Waals surface area contributed by atoms with E-state index in [1.54, 1.807) is 14.2 Å². The minimum absolute atomic E-state index is 0.0565. The lowest BCUT2D eigenvalue weighted by atomic mass is 9.50. The minimum Gasteiger partial charge on any atom is -0.493 e. The zero-order chi connectivity index (χ0) is 23.3. The quantitative estimate of drug-likeness (QED) is 0.404. The van der Waals surface area contributed by atoms with Gasteiger partial charge >= 0.3 is 0 Å². The molecule has 1 fully saturated rings. The second-order valence-corrected chi connectivity index (χ2v) is 9.85. The van der Waals surface area contributed by atoms with Gasteiger partial charge in [0.05, 0.1) is 20.1 Å². The Morgan fingerprint density at radius 2 is 1.47 bits per heavy atom. The first kappa shape index (κ1) is 21.3. The molecule has 6 rings (SSSR count). The number of fused-ring (bicyclic) bond motifs is 4. The Balaban J connectivity index is 1.65. The minimum atomic E-state index is -0.309. The molecule has 174 valence electrons. The number of methoxy groups -OCH3 is 2. The van der Waals surface area contributed by atoms with E-state index in [2.05, 4.69) is 24.3 Å². The summed E-state index contributed by atoms with van der Waals surface area (Å²) in [5, 5.41) is 0. The summed E-state index contributed by atoms with van der Waals surface area (Å²) in [5.41, 5.74) is 3.87. The molecule has 3 aliphatic rings. The molecule has 1 saturated carbocycles. The number of Topliss-reactive ketones (excluding diaryl/α,β-unsaturated/α-hetero) is 1. The van der Waals surface area contributed by atoms with Gasteiger partial charge in [0.25, 0.3) is 0 Å². The fourth-order valence-corrected chi connectivity index (χ4v) is 6.89. The summed E-state index contributed by atoms with van der Waals surface area (Å²) in [6.07, 6.45) is 5.56. The van der Waals surface area contributed by atoms with Crippen molar-refractivity contribution in [3.05, 3.63) is 89.0 Å². The molecule has 1 spiro atoms. The van der Waals surface area contributed by atoms with E-state index in [0.717, 1.165) is 53.7 Å². The highest BCUT2D eigenvalue weighted by Crippen LogP contribution is 2.68. The van der Waals surface area contributed by atoms with Crippen LogP contribution in [-0.2, 0) is 0 Å². The fourth-order valence-electron chi connectivity index (χ4n) is 6.89. The molecule has 0 unspecified atom stereocenters. The van der Waals surface area contributed by atoms with Crippen LogP contribution in [0.2, 0.25) is 0 Å². The van der Waals surface area contributed by atoms with Crippen LogP contribution in [0.3, 0.4) is 0 Å². The zero-order valence-electron chi connectivity index (χ0n) is 19.8. The number of benzene rings is 3. The van der Waals surface area contributed by atoms with Crippen molar-refractivity contribution in [3.8, 4) is 17.2 Å². The number of ketones is 1. The predicted molar refractivity (Wildman–Crippen MR) is 131 cm³/mol. The molecular weight excluding hydrogens is 424 g/mol. The number of rotatable bonds is 4. The lowest BCUT2D eigenvalue weighted by Gasteiger charge is -2.57. The normalized spacial score (nSPS) is 23.9. The van der Waals surface area contributed by atoms with Crippen LogP contribution in [0.15, 0.2) is 66.7 Å². The van der Waals surface area contributed by atoms with Crippen molar-refractivity contribution >= 4 is 5.78 Å². The summed E-state index contributed by atoms with van der Waals surface area (Å²) in [6.45, 7) is 0. The predicted octanol–water partition coefficient (Wildman–Crippen LogP) is 6.85. The van der Waals surface area contributed by atoms with Crippen LogP contribution in [0.1, 0.15) is 77.1 Å². The number of ether oxygens (including phenoxy) is 3. The van der Waals surface area contributed by atoms with Gasteiger partial charge in [-0.3, -0.25) is 4.79 Å². The highest BCUT2D eigenvalue weighted by atomic mass is 16.5. The number of para-hydroxylation sites is 1. The maximum atomic E-state index is 14.3. The molecule has 4 heteroatoms. The van der Waals surface area contributed by atoms with Crippen LogP contribution in [0.25, 0.3) is 0 Å². The lowest BCUT2D eigenvalue weighted by molar-refractivity contribution is -0.0450. The molecule has 1 heterocycles. The van der Waals surface area contributed by atoms with E-state index in [-0.39, 0.29) is 29.1 Å². The molecule has 2 bridgehead atoms. The van der Waals surface area contributed by atoms with E-state index < -0.39 is 0 Å². The smallest absolute Gasteiger partial charge is 0.170 e. The van der Waals surface area contributed by atoms with E-state index >= 15 is 0 Å². The molecule has 3 aromatic rings. The van der Waals surface area contributed by atoms with Gasteiger partial charge < -0.3 is 14.2 Å². The molecule has 3 atom stereocenters. The molecule has 1 aliphatic heterocycles.